The van der Waals surface area contributed by atoms with Crippen LogP contribution in [0.25, 0.3) is 0 Å². The van der Waals surface area contributed by atoms with Gasteiger partial charge in [-0.3, -0.25) is 0 Å². The standard InChI is InChI=1S/C18H25N/c1-3-4-5-16-10-11-18(12-14(16)2)17-8-6-15(13-19)7-9-17/h6-9,14,16,18H,3-5,10-12H2,1-2H3. The van der Waals surface area contributed by atoms with E-state index in [1.54, 1.807) is 0 Å². The Hall–Kier alpha value is -1.29. The van der Waals surface area contributed by atoms with Gasteiger partial charge in [-0.15, -0.1) is 0 Å². The molecule has 0 radical (unpaired) electrons. The zero-order valence-corrected chi connectivity index (χ0v) is 12.2. The number of nitriles is 1. The van der Waals surface area contributed by atoms with E-state index in [2.05, 4.69) is 32.0 Å². The lowest BCUT2D eigenvalue weighted by Crippen LogP contribution is -2.21. The van der Waals surface area contributed by atoms with Gasteiger partial charge in [0.1, 0.15) is 0 Å². The molecule has 3 unspecified atom stereocenters. The average Bonchev–Trinajstić information content (AvgIpc) is 2.46. The Morgan fingerprint density at radius 3 is 2.53 bits per heavy atom. The zero-order chi connectivity index (χ0) is 13.7. The van der Waals surface area contributed by atoms with Crippen LogP contribution in [0.15, 0.2) is 24.3 Å². The fraction of sp³-hybridized carbons (Fsp3) is 0.611. The third-order valence-electron chi connectivity index (χ3n) is 4.79. The molecule has 19 heavy (non-hydrogen) atoms. The van der Waals surface area contributed by atoms with E-state index in [1.165, 1.54) is 44.1 Å². The largest absolute Gasteiger partial charge is 0.192 e. The summed E-state index contributed by atoms with van der Waals surface area (Å²) in [6.07, 6.45) is 8.15. The van der Waals surface area contributed by atoms with Crippen molar-refractivity contribution in [2.24, 2.45) is 11.8 Å². The third-order valence-corrected chi connectivity index (χ3v) is 4.79. The van der Waals surface area contributed by atoms with Crippen LogP contribution in [0.3, 0.4) is 0 Å². The summed E-state index contributed by atoms with van der Waals surface area (Å²) in [5.41, 5.74) is 2.20. The highest BCUT2D eigenvalue weighted by Crippen LogP contribution is 2.41. The highest BCUT2D eigenvalue weighted by atomic mass is 14.3. The monoisotopic (exact) mass is 255 g/mol. The summed E-state index contributed by atoms with van der Waals surface area (Å²) in [7, 11) is 0. The van der Waals surface area contributed by atoms with Crippen molar-refractivity contribution >= 4 is 0 Å². The van der Waals surface area contributed by atoms with Gasteiger partial charge in [-0.05, 0) is 54.7 Å². The van der Waals surface area contributed by atoms with Crippen LogP contribution in [-0.4, -0.2) is 0 Å². The molecule has 1 aromatic carbocycles. The fourth-order valence-corrected chi connectivity index (χ4v) is 3.49. The summed E-state index contributed by atoms with van der Waals surface area (Å²) in [5, 5.41) is 8.85. The molecule has 1 aliphatic rings. The summed E-state index contributed by atoms with van der Waals surface area (Å²) < 4.78 is 0. The van der Waals surface area contributed by atoms with Gasteiger partial charge in [0.05, 0.1) is 11.6 Å². The Labute approximate surface area is 117 Å². The summed E-state index contributed by atoms with van der Waals surface area (Å²) >= 11 is 0. The first-order valence-electron chi connectivity index (χ1n) is 7.74. The molecule has 0 amide bonds. The minimum absolute atomic E-state index is 0.709. The smallest absolute Gasteiger partial charge is 0.0991 e. The van der Waals surface area contributed by atoms with Crippen LogP contribution in [0.1, 0.15) is 69.4 Å². The van der Waals surface area contributed by atoms with Gasteiger partial charge in [0, 0.05) is 0 Å². The van der Waals surface area contributed by atoms with Crippen LogP contribution in [0.5, 0.6) is 0 Å². The zero-order valence-electron chi connectivity index (χ0n) is 12.2. The van der Waals surface area contributed by atoms with Crippen LogP contribution < -0.4 is 0 Å². The van der Waals surface area contributed by atoms with Crippen molar-refractivity contribution in [1.82, 2.24) is 0 Å². The Balaban J connectivity index is 1.95. The van der Waals surface area contributed by atoms with E-state index in [0.29, 0.717) is 5.92 Å². The molecule has 0 N–H and O–H groups in total. The van der Waals surface area contributed by atoms with Gasteiger partial charge < -0.3 is 0 Å². The van der Waals surface area contributed by atoms with Crippen LogP contribution in [0, 0.1) is 23.2 Å². The van der Waals surface area contributed by atoms with Crippen LogP contribution in [0.2, 0.25) is 0 Å². The summed E-state index contributed by atoms with van der Waals surface area (Å²) in [6, 6.07) is 10.4. The van der Waals surface area contributed by atoms with E-state index in [9.17, 15) is 0 Å². The minimum Gasteiger partial charge on any atom is -0.192 e. The first-order valence-corrected chi connectivity index (χ1v) is 7.74. The summed E-state index contributed by atoms with van der Waals surface area (Å²) in [4.78, 5) is 0. The highest BCUT2D eigenvalue weighted by molar-refractivity contribution is 5.33. The SMILES string of the molecule is CCCCC1CCC(c2ccc(C#N)cc2)CC1C. The van der Waals surface area contributed by atoms with Gasteiger partial charge in [-0.25, -0.2) is 0 Å². The van der Waals surface area contributed by atoms with Gasteiger partial charge >= 0.3 is 0 Å². The molecule has 1 saturated carbocycles. The van der Waals surface area contributed by atoms with Gasteiger partial charge in [-0.1, -0.05) is 45.2 Å². The maximum Gasteiger partial charge on any atom is 0.0991 e. The molecule has 2 rings (SSSR count). The van der Waals surface area contributed by atoms with Crippen LogP contribution >= 0.6 is 0 Å². The third kappa shape index (κ3) is 3.60. The quantitative estimate of drug-likeness (QED) is 0.719. The Morgan fingerprint density at radius 1 is 1.21 bits per heavy atom. The molecule has 0 bridgehead atoms. The Bertz CT molecular complexity index is 426. The van der Waals surface area contributed by atoms with Crippen LogP contribution in [-0.2, 0) is 0 Å². The minimum atomic E-state index is 0.709. The normalized spacial score (nSPS) is 26.9. The number of benzene rings is 1. The fourth-order valence-electron chi connectivity index (χ4n) is 3.49. The molecule has 1 fully saturated rings. The lowest BCUT2D eigenvalue weighted by molar-refractivity contribution is 0.216. The average molecular weight is 255 g/mol. The number of rotatable bonds is 4. The molecule has 1 aliphatic carbocycles. The molecule has 102 valence electrons. The molecule has 0 saturated heterocycles. The van der Waals surface area contributed by atoms with Crippen LogP contribution in [0.4, 0.5) is 0 Å². The maximum absolute atomic E-state index is 8.85. The topological polar surface area (TPSA) is 23.8 Å². The van der Waals surface area contributed by atoms with Crippen molar-refractivity contribution in [3.63, 3.8) is 0 Å². The van der Waals surface area contributed by atoms with E-state index in [4.69, 9.17) is 5.26 Å². The Morgan fingerprint density at radius 2 is 1.95 bits per heavy atom. The van der Waals surface area contributed by atoms with Crippen molar-refractivity contribution < 1.29 is 0 Å². The van der Waals surface area contributed by atoms with Gasteiger partial charge in [0.2, 0.25) is 0 Å². The van der Waals surface area contributed by atoms with Crippen molar-refractivity contribution in [2.75, 3.05) is 0 Å². The van der Waals surface area contributed by atoms with Crippen molar-refractivity contribution in [3.8, 4) is 6.07 Å². The molecule has 1 nitrogen and oxygen atoms in total. The van der Waals surface area contributed by atoms with E-state index in [0.717, 1.165) is 17.4 Å². The van der Waals surface area contributed by atoms with Crippen molar-refractivity contribution in [1.29, 1.82) is 5.26 Å². The number of nitrogens with zero attached hydrogens (tertiary/aromatic N) is 1. The van der Waals surface area contributed by atoms with Crippen molar-refractivity contribution in [3.05, 3.63) is 35.4 Å². The van der Waals surface area contributed by atoms with Gasteiger partial charge in [0.25, 0.3) is 0 Å². The lowest BCUT2D eigenvalue weighted by Gasteiger charge is -2.34. The first-order chi connectivity index (χ1) is 9.24. The molecular weight excluding hydrogens is 230 g/mol. The lowest BCUT2D eigenvalue weighted by atomic mass is 9.71. The molecule has 1 heteroatoms. The second kappa shape index (κ2) is 6.75. The number of hydrogen-bond donors (Lipinski definition) is 0. The Kier molecular flexibility index (Phi) is 5.02. The summed E-state index contributed by atoms with van der Waals surface area (Å²) in [5.74, 6) is 2.50. The molecule has 3 atom stereocenters. The molecular formula is C18H25N. The van der Waals surface area contributed by atoms with E-state index >= 15 is 0 Å². The second-order valence-electron chi connectivity index (χ2n) is 6.12. The number of hydrogen-bond acceptors (Lipinski definition) is 1. The molecule has 0 aromatic heterocycles. The van der Waals surface area contributed by atoms with Gasteiger partial charge in [0.15, 0.2) is 0 Å². The molecule has 0 spiro atoms. The molecule has 0 heterocycles. The number of unbranched alkanes of at least 4 members (excludes halogenated alkanes) is 1. The highest BCUT2D eigenvalue weighted by Gasteiger charge is 2.27. The predicted molar refractivity (Wildman–Crippen MR) is 79.9 cm³/mol. The predicted octanol–water partition coefficient (Wildman–Crippen LogP) is 5.27. The second-order valence-corrected chi connectivity index (χ2v) is 6.12. The first kappa shape index (κ1) is 14.1. The van der Waals surface area contributed by atoms with E-state index in [1.807, 2.05) is 12.1 Å². The maximum atomic E-state index is 8.85. The van der Waals surface area contributed by atoms with Gasteiger partial charge in [-0.2, -0.15) is 5.26 Å². The van der Waals surface area contributed by atoms with E-state index in [-0.39, 0.29) is 0 Å². The van der Waals surface area contributed by atoms with Crippen molar-refractivity contribution in [2.45, 2.75) is 58.3 Å². The van der Waals surface area contributed by atoms with E-state index < -0.39 is 0 Å². The molecule has 1 aromatic rings. The molecule has 0 aliphatic heterocycles. The summed E-state index contributed by atoms with van der Waals surface area (Å²) in [6.45, 7) is 4.71.